The highest BCUT2D eigenvalue weighted by molar-refractivity contribution is 7.89. The van der Waals surface area contributed by atoms with Crippen LogP contribution < -0.4 is 0 Å². The van der Waals surface area contributed by atoms with Gasteiger partial charge in [-0.05, 0) is 33.6 Å². The molecule has 0 radical (unpaired) electrons. The number of carbonyl (C=O) groups excluding carboxylic acids is 2. The van der Waals surface area contributed by atoms with Crippen molar-refractivity contribution in [1.82, 2.24) is 13.8 Å². The van der Waals surface area contributed by atoms with Crippen LogP contribution in [0, 0.1) is 19.8 Å². The van der Waals surface area contributed by atoms with Crippen molar-refractivity contribution < 1.29 is 32.2 Å². The highest BCUT2D eigenvalue weighted by Gasteiger charge is 2.43. The first-order valence-corrected chi connectivity index (χ1v) is 13.4. The van der Waals surface area contributed by atoms with Crippen LogP contribution in [0.5, 0.6) is 0 Å². The molecule has 1 spiro atoms. The molecule has 10 nitrogen and oxygen atoms in total. The second-order valence-corrected chi connectivity index (χ2v) is 11.2. The zero-order valence-electron chi connectivity index (χ0n) is 20.5. The van der Waals surface area contributed by atoms with Crippen LogP contribution in [0.15, 0.2) is 4.90 Å². The van der Waals surface area contributed by atoms with Gasteiger partial charge in [-0.3, -0.25) is 4.79 Å². The number of piperidine rings is 2. The molecule has 0 aromatic carbocycles. The van der Waals surface area contributed by atoms with E-state index in [9.17, 15) is 18.0 Å². The van der Waals surface area contributed by atoms with Gasteiger partial charge in [0.05, 0.1) is 25.7 Å². The van der Waals surface area contributed by atoms with Crippen molar-refractivity contribution in [2.24, 2.45) is 13.0 Å². The van der Waals surface area contributed by atoms with Gasteiger partial charge >= 0.3 is 5.97 Å². The highest BCUT2D eigenvalue weighted by atomic mass is 32.2. The first-order chi connectivity index (χ1) is 16.1. The fourth-order valence-electron chi connectivity index (χ4n) is 5.28. The van der Waals surface area contributed by atoms with Crippen molar-refractivity contribution in [3.8, 4) is 0 Å². The number of amides is 1. The van der Waals surface area contributed by atoms with Gasteiger partial charge < -0.3 is 23.7 Å². The smallest absolute Gasteiger partial charge is 0.341 e. The lowest BCUT2D eigenvalue weighted by Gasteiger charge is -2.40. The van der Waals surface area contributed by atoms with Crippen LogP contribution in [0.2, 0.25) is 0 Å². The van der Waals surface area contributed by atoms with E-state index >= 15 is 0 Å². The maximum absolute atomic E-state index is 13.8. The summed E-state index contributed by atoms with van der Waals surface area (Å²) in [5.41, 5.74) is 1.10. The third kappa shape index (κ3) is 4.38. The molecule has 1 aromatic heterocycles. The molecule has 34 heavy (non-hydrogen) atoms. The number of rotatable bonds is 5. The molecule has 3 fully saturated rings. The molecule has 1 aromatic rings. The van der Waals surface area contributed by atoms with Gasteiger partial charge in [-0.25, -0.2) is 13.2 Å². The van der Waals surface area contributed by atoms with Gasteiger partial charge in [0.1, 0.15) is 10.5 Å². The van der Waals surface area contributed by atoms with Crippen molar-refractivity contribution >= 4 is 21.9 Å². The predicted octanol–water partition coefficient (Wildman–Crippen LogP) is 1.58. The number of nitrogens with zero attached hydrogens (tertiary/aromatic N) is 3. The van der Waals surface area contributed by atoms with Crippen LogP contribution in [0.25, 0.3) is 0 Å². The quantitative estimate of drug-likeness (QED) is 0.569. The Hall–Kier alpha value is -1.95. The summed E-state index contributed by atoms with van der Waals surface area (Å²) < 4.78 is 47.2. The third-order valence-electron chi connectivity index (χ3n) is 7.38. The fourth-order valence-corrected chi connectivity index (χ4v) is 7.28. The van der Waals surface area contributed by atoms with Crippen LogP contribution in [-0.4, -0.2) is 85.9 Å². The molecule has 0 N–H and O–H groups in total. The minimum absolute atomic E-state index is 0.0190. The largest absolute Gasteiger partial charge is 0.462 e. The van der Waals surface area contributed by atoms with Crippen LogP contribution in [0.1, 0.15) is 54.4 Å². The Morgan fingerprint density at radius 1 is 1.09 bits per heavy atom. The highest BCUT2D eigenvalue weighted by Crippen LogP contribution is 2.34. The van der Waals surface area contributed by atoms with Crippen molar-refractivity contribution in [2.75, 3.05) is 46.0 Å². The topological polar surface area (TPSA) is 107 Å². The van der Waals surface area contributed by atoms with Crippen molar-refractivity contribution in [3.63, 3.8) is 0 Å². The molecule has 0 bridgehead atoms. The molecule has 4 rings (SSSR count). The van der Waals surface area contributed by atoms with Crippen LogP contribution in [-0.2, 0) is 36.1 Å². The summed E-state index contributed by atoms with van der Waals surface area (Å²) in [6, 6.07) is 0. The molecule has 3 aliphatic heterocycles. The van der Waals surface area contributed by atoms with Crippen molar-refractivity contribution in [1.29, 1.82) is 0 Å². The second kappa shape index (κ2) is 9.60. The molecular formula is C23H35N3O7S. The number of esters is 1. The number of carbonyl (C=O) groups is 2. The van der Waals surface area contributed by atoms with E-state index in [-0.39, 0.29) is 29.5 Å². The minimum Gasteiger partial charge on any atom is -0.462 e. The van der Waals surface area contributed by atoms with Gasteiger partial charge in [0.2, 0.25) is 15.9 Å². The SMILES string of the molecule is CCOC(=O)c1c(S(=O)(=O)N2CCC[C@@H](C(=O)N3CCC4(CC3)OCCO4)C2)c(C)n(C)c1C. The number of ether oxygens (including phenoxy) is 3. The standard InChI is InChI=1S/C23H35N3O7S/c1-5-31-22(28)19-16(2)24(4)17(3)20(19)34(29,30)26-10-6-7-18(15-26)21(27)25-11-8-23(9-12-25)32-13-14-33-23/h18H,5-15H2,1-4H3/t18-/m1/s1. The molecule has 11 heteroatoms. The van der Waals surface area contributed by atoms with E-state index in [0.29, 0.717) is 69.9 Å². The Balaban J connectivity index is 1.52. The van der Waals surface area contributed by atoms with Gasteiger partial charge in [0.15, 0.2) is 5.79 Å². The zero-order valence-corrected chi connectivity index (χ0v) is 21.3. The molecule has 3 aliphatic rings. The van der Waals surface area contributed by atoms with Crippen molar-refractivity contribution in [2.45, 2.75) is 57.1 Å². The Morgan fingerprint density at radius 2 is 1.74 bits per heavy atom. The third-order valence-corrected chi connectivity index (χ3v) is 9.41. The summed E-state index contributed by atoms with van der Waals surface area (Å²) in [5, 5.41) is 0. The summed E-state index contributed by atoms with van der Waals surface area (Å²) in [6.07, 6.45) is 2.47. The summed E-state index contributed by atoms with van der Waals surface area (Å²) in [4.78, 5) is 27.7. The van der Waals surface area contributed by atoms with E-state index in [0.717, 1.165) is 0 Å². The van der Waals surface area contributed by atoms with Crippen LogP contribution in [0.3, 0.4) is 0 Å². The number of aromatic nitrogens is 1. The molecule has 0 aliphatic carbocycles. The monoisotopic (exact) mass is 497 g/mol. The molecule has 0 unspecified atom stereocenters. The Morgan fingerprint density at radius 3 is 2.35 bits per heavy atom. The average Bonchev–Trinajstić information content (AvgIpc) is 3.37. The average molecular weight is 498 g/mol. The summed E-state index contributed by atoms with van der Waals surface area (Å²) in [5.74, 6) is -1.66. The van der Waals surface area contributed by atoms with Crippen LogP contribution >= 0.6 is 0 Å². The molecule has 1 amide bonds. The van der Waals surface area contributed by atoms with E-state index in [1.54, 1.807) is 37.3 Å². The first kappa shape index (κ1) is 25.2. The summed E-state index contributed by atoms with van der Waals surface area (Å²) >= 11 is 0. The summed E-state index contributed by atoms with van der Waals surface area (Å²) in [6.45, 7) is 7.87. The minimum atomic E-state index is -4.00. The maximum atomic E-state index is 13.8. The van der Waals surface area contributed by atoms with Gasteiger partial charge in [-0.2, -0.15) is 4.31 Å². The van der Waals surface area contributed by atoms with E-state index in [2.05, 4.69) is 0 Å². The number of hydrogen-bond acceptors (Lipinski definition) is 7. The summed E-state index contributed by atoms with van der Waals surface area (Å²) in [7, 11) is -2.27. The number of hydrogen-bond donors (Lipinski definition) is 0. The molecule has 0 saturated carbocycles. The molecule has 190 valence electrons. The van der Waals surface area contributed by atoms with Gasteiger partial charge in [-0.15, -0.1) is 0 Å². The second-order valence-electron chi connectivity index (χ2n) is 9.29. The number of likely N-dealkylation sites (tertiary alicyclic amines) is 1. The maximum Gasteiger partial charge on any atom is 0.341 e. The van der Waals surface area contributed by atoms with E-state index in [1.165, 1.54) is 4.31 Å². The lowest BCUT2D eigenvalue weighted by atomic mass is 9.96. The molecule has 1 atom stereocenters. The molecular weight excluding hydrogens is 462 g/mol. The lowest BCUT2D eigenvalue weighted by molar-refractivity contribution is -0.188. The Bertz CT molecular complexity index is 1050. The predicted molar refractivity (Wildman–Crippen MR) is 123 cm³/mol. The van der Waals surface area contributed by atoms with Crippen molar-refractivity contribution in [3.05, 3.63) is 17.0 Å². The fraction of sp³-hybridized carbons (Fsp3) is 0.739. The number of sulfonamides is 1. The Labute approximate surface area is 201 Å². The molecule has 3 saturated heterocycles. The lowest BCUT2D eigenvalue weighted by Crippen LogP contribution is -2.51. The first-order valence-electron chi connectivity index (χ1n) is 12.0. The van der Waals surface area contributed by atoms with E-state index in [1.807, 2.05) is 0 Å². The van der Waals surface area contributed by atoms with Crippen LogP contribution in [0.4, 0.5) is 0 Å². The normalized spacial score (nSPS) is 23.4. The zero-order chi connectivity index (χ0) is 24.7. The van der Waals surface area contributed by atoms with E-state index < -0.39 is 27.7 Å². The van der Waals surface area contributed by atoms with Gasteiger partial charge in [-0.1, -0.05) is 0 Å². The molecule has 4 heterocycles. The van der Waals surface area contributed by atoms with Gasteiger partial charge in [0.25, 0.3) is 0 Å². The Kier molecular flexibility index (Phi) is 7.10. The van der Waals surface area contributed by atoms with E-state index in [4.69, 9.17) is 14.2 Å². The van der Waals surface area contributed by atoms with Gasteiger partial charge in [0, 0.05) is 57.5 Å².